The number of esters is 2. The average molecular weight is 468 g/mol. The molecule has 3 aromatic rings. The molecule has 0 bridgehead atoms. The van der Waals surface area contributed by atoms with Gasteiger partial charge in [-0.2, -0.15) is 0 Å². The number of benzene rings is 2. The van der Waals surface area contributed by atoms with Gasteiger partial charge in [-0.15, -0.1) is 0 Å². The first-order valence-corrected chi connectivity index (χ1v) is 11.1. The first-order chi connectivity index (χ1) is 15.8. The molecule has 0 saturated heterocycles. The molecule has 0 unspecified atom stereocenters. The Morgan fingerprint density at radius 2 is 1.45 bits per heavy atom. The molecule has 6 nitrogen and oxygen atoms in total. The molecule has 0 spiro atoms. The molecule has 172 valence electrons. The van der Waals surface area contributed by atoms with Crippen LogP contribution in [0.1, 0.15) is 51.5 Å². The molecule has 0 aliphatic rings. The van der Waals surface area contributed by atoms with E-state index in [4.69, 9.17) is 25.8 Å². The number of carbonyl (C=O) groups excluding carboxylic acids is 2. The highest BCUT2D eigenvalue weighted by molar-refractivity contribution is 6.30. The summed E-state index contributed by atoms with van der Waals surface area (Å²) in [6, 6.07) is 14.6. The normalized spacial score (nSPS) is 10.6. The van der Waals surface area contributed by atoms with E-state index >= 15 is 0 Å². The lowest BCUT2D eigenvalue weighted by atomic mass is 9.92. The van der Waals surface area contributed by atoms with E-state index in [1.165, 1.54) is 0 Å². The van der Waals surface area contributed by atoms with Crippen LogP contribution in [0, 0.1) is 13.8 Å². The summed E-state index contributed by atoms with van der Waals surface area (Å²) in [5.41, 5.74) is 3.43. The van der Waals surface area contributed by atoms with Gasteiger partial charge in [0.1, 0.15) is 12.4 Å². The van der Waals surface area contributed by atoms with Crippen LogP contribution in [0.4, 0.5) is 0 Å². The van der Waals surface area contributed by atoms with Crippen molar-refractivity contribution in [2.45, 2.75) is 34.3 Å². The van der Waals surface area contributed by atoms with Crippen LogP contribution in [-0.2, 0) is 16.1 Å². The summed E-state index contributed by atoms with van der Waals surface area (Å²) < 4.78 is 16.5. The van der Waals surface area contributed by atoms with Gasteiger partial charge < -0.3 is 14.2 Å². The predicted octanol–water partition coefficient (Wildman–Crippen LogP) is 5.95. The predicted molar refractivity (Wildman–Crippen MR) is 127 cm³/mol. The van der Waals surface area contributed by atoms with Crippen LogP contribution in [0.2, 0.25) is 5.02 Å². The van der Waals surface area contributed by atoms with Crippen molar-refractivity contribution in [2.75, 3.05) is 13.2 Å². The number of aryl methyl sites for hydroxylation is 2. The van der Waals surface area contributed by atoms with Gasteiger partial charge in [0.2, 0.25) is 0 Å². The summed E-state index contributed by atoms with van der Waals surface area (Å²) in [6.07, 6.45) is 0. The highest BCUT2D eigenvalue weighted by Crippen LogP contribution is 2.34. The zero-order chi connectivity index (χ0) is 24.0. The van der Waals surface area contributed by atoms with Gasteiger partial charge in [0.05, 0.1) is 35.7 Å². The van der Waals surface area contributed by atoms with Crippen LogP contribution in [0.5, 0.6) is 5.75 Å². The largest absolute Gasteiger partial charge is 0.489 e. The Kier molecular flexibility index (Phi) is 8.06. The number of hydrogen-bond acceptors (Lipinski definition) is 6. The minimum Gasteiger partial charge on any atom is -0.489 e. The first kappa shape index (κ1) is 24.3. The highest BCUT2D eigenvalue weighted by Gasteiger charge is 2.28. The van der Waals surface area contributed by atoms with E-state index in [0.717, 1.165) is 5.56 Å². The van der Waals surface area contributed by atoms with E-state index in [-0.39, 0.29) is 24.3 Å². The summed E-state index contributed by atoms with van der Waals surface area (Å²) in [7, 11) is 0. The number of carbonyl (C=O) groups is 2. The van der Waals surface area contributed by atoms with Gasteiger partial charge in [-0.3, -0.25) is 4.98 Å². The van der Waals surface area contributed by atoms with Crippen LogP contribution in [0.3, 0.4) is 0 Å². The number of hydrogen-bond donors (Lipinski definition) is 0. The van der Waals surface area contributed by atoms with Crippen LogP contribution in [-0.4, -0.2) is 30.1 Å². The lowest BCUT2D eigenvalue weighted by Gasteiger charge is -2.18. The number of rotatable bonds is 8. The maximum Gasteiger partial charge on any atom is 0.340 e. The molecular formula is C26H26ClNO5. The van der Waals surface area contributed by atoms with Gasteiger partial charge in [0, 0.05) is 10.6 Å². The molecule has 2 aromatic carbocycles. The molecule has 0 fully saturated rings. The summed E-state index contributed by atoms with van der Waals surface area (Å²) in [6.45, 7) is 7.63. The van der Waals surface area contributed by atoms with Crippen molar-refractivity contribution in [3.63, 3.8) is 0 Å². The lowest BCUT2D eigenvalue weighted by molar-refractivity contribution is 0.0525. The third kappa shape index (κ3) is 5.71. The Bertz CT molecular complexity index is 1120. The fraction of sp³-hybridized carbons (Fsp3) is 0.269. The minimum atomic E-state index is -0.546. The number of nitrogens with zero attached hydrogens (tertiary/aromatic N) is 1. The standard InChI is InChI=1S/C26H26ClNO5/c1-5-31-25(29)22-16(3)28-17(4)23(26(30)32-6-2)24(22)19-8-7-9-21(14-19)33-15-18-10-12-20(27)13-11-18/h7-14H,5-6,15H2,1-4H3. The number of aromatic nitrogens is 1. The number of pyridine rings is 1. The fourth-order valence-electron chi connectivity index (χ4n) is 3.53. The molecule has 0 atom stereocenters. The summed E-state index contributed by atoms with van der Waals surface area (Å²) in [4.78, 5) is 30.2. The molecule has 1 heterocycles. The Balaban J connectivity index is 2.09. The first-order valence-electron chi connectivity index (χ1n) is 10.7. The second-order valence-corrected chi connectivity index (χ2v) is 7.73. The van der Waals surface area contributed by atoms with Crippen molar-refractivity contribution in [1.82, 2.24) is 4.98 Å². The summed E-state index contributed by atoms with van der Waals surface area (Å²) in [5, 5.41) is 0.655. The average Bonchev–Trinajstić information content (AvgIpc) is 2.78. The quantitative estimate of drug-likeness (QED) is 0.381. The maximum absolute atomic E-state index is 12.9. The van der Waals surface area contributed by atoms with Crippen LogP contribution in [0.25, 0.3) is 11.1 Å². The van der Waals surface area contributed by atoms with Crippen LogP contribution < -0.4 is 4.74 Å². The Labute approximate surface area is 198 Å². The maximum atomic E-state index is 12.9. The van der Waals surface area contributed by atoms with Crippen LogP contribution in [0.15, 0.2) is 48.5 Å². The summed E-state index contributed by atoms with van der Waals surface area (Å²) >= 11 is 5.95. The van der Waals surface area contributed by atoms with Crippen molar-refractivity contribution >= 4 is 23.5 Å². The molecular weight excluding hydrogens is 442 g/mol. The van der Waals surface area contributed by atoms with Crippen molar-refractivity contribution in [2.24, 2.45) is 0 Å². The van der Waals surface area contributed by atoms with Crippen molar-refractivity contribution < 1.29 is 23.8 Å². The van der Waals surface area contributed by atoms with Gasteiger partial charge in [0.15, 0.2) is 0 Å². The lowest BCUT2D eigenvalue weighted by Crippen LogP contribution is -2.17. The molecule has 0 aliphatic carbocycles. The molecule has 33 heavy (non-hydrogen) atoms. The Morgan fingerprint density at radius 1 is 0.879 bits per heavy atom. The number of halogens is 1. The van der Waals surface area contributed by atoms with E-state index in [9.17, 15) is 9.59 Å². The second kappa shape index (κ2) is 11.0. The zero-order valence-electron chi connectivity index (χ0n) is 19.1. The van der Waals surface area contributed by atoms with Gasteiger partial charge in [-0.25, -0.2) is 9.59 Å². The molecule has 0 radical (unpaired) electrons. The molecule has 7 heteroatoms. The Hall–Kier alpha value is -3.38. The van der Waals surface area contributed by atoms with E-state index < -0.39 is 11.9 Å². The van der Waals surface area contributed by atoms with Crippen molar-refractivity contribution in [1.29, 1.82) is 0 Å². The van der Waals surface area contributed by atoms with E-state index in [1.54, 1.807) is 45.9 Å². The van der Waals surface area contributed by atoms with Crippen LogP contribution >= 0.6 is 11.6 Å². The fourth-order valence-corrected chi connectivity index (χ4v) is 3.66. The van der Waals surface area contributed by atoms with Crippen molar-refractivity contribution in [3.8, 4) is 16.9 Å². The molecule has 0 saturated carbocycles. The van der Waals surface area contributed by atoms with Gasteiger partial charge in [-0.05, 0) is 63.1 Å². The Morgan fingerprint density at radius 3 is 2.00 bits per heavy atom. The molecule has 1 aromatic heterocycles. The van der Waals surface area contributed by atoms with Gasteiger partial charge in [-0.1, -0.05) is 35.9 Å². The molecule has 3 rings (SSSR count). The van der Waals surface area contributed by atoms with Gasteiger partial charge in [0.25, 0.3) is 0 Å². The molecule has 0 amide bonds. The highest BCUT2D eigenvalue weighted by atomic mass is 35.5. The smallest absolute Gasteiger partial charge is 0.340 e. The SMILES string of the molecule is CCOC(=O)c1c(C)nc(C)c(C(=O)OCC)c1-c1cccc(OCc2ccc(Cl)cc2)c1. The minimum absolute atomic E-state index is 0.199. The molecule has 0 N–H and O–H groups in total. The topological polar surface area (TPSA) is 74.7 Å². The zero-order valence-corrected chi connectivity index (χ0v) is 19.9. The third-order valence-corrected chi connectivity index (χ3v) is 5.21. The monoisotopic (exact) mass is 467 g/mol. The van der Waals surface area contributed by atoms with Crippen molar-refractivity contribution in [3.05, 3.63) is 81.6 Å². The molecule has 0 aliphatic heterocycles. The van der Waals surface area contributed by atoms with E-state index in [0.29, 0.717) is 39.9 Å². The van der Waals surface area contributed by atoms with Gasteiger partial charge >= 0.3 is 11.9 Å². The number of ether oxygens (including phenoxy) is 3. The third-order valence-electron chi connectivity index (χ3n) is 4.96. The van der Waals surface area contributed by atoms with E-state index in [1.807, 2.05) is 30.3 Å². The summed E-state index contributed by atoms with van der Waals surface area (Å²) in [5.74, 6) is -0.509. The second-order valence-electron chi connectivity index (χ2n) is 7.29. The van der Waals surface area contributed by atoms with E-state index in [2.05, 4.69) is 4.98 Å².